The van der Waals surface area contributed by atoms with Crippen LogP contribution < -0.4 is 10.4 Å². The van der Waals surface area contributed by atoms with Crippen LogP contribution >= 0.6 is 0 Å². The molecule has 5 aromatic rings. The van der Waals surface area contributed by atoms with Crippen molar-refractivity contribution >= 4 is 32.6 Å². The number of hydrogen-bond acceptors (Lipinski definition) is 3. The normalized spacial score (nSPS) is 21.1. The van der Waals surface area contributed by atoms with E-state index < -0.39 is 5.60 Å². The Morgan fingerprint density at radius 2 is 1.71 bits per heavy atom. The standard InChI is InChI=1S/C27H21NO3/c1-27(2)19-14-28-20-10-6-4-8-16(20)13-21(28)22(19)23-25(31-27)18-12-11-15-7-3-5-9-17(15)24(18)30-26(23)29/h3-13,19,22H,14H2,1-2H3/t19-,22-/m1/s1. The van der Waals surface area contributed by atoms with Crippen molar-refractivity contribution in [2.45, 2.75) is 31.9 Å². The fourth-order valence-corrected chi connectivity index (χ4v) is 5.81. The smallest absolute Gasteiger partial charge is 0.343 e. The molecule has 4 heterocycles. The zero-order valence-corrected chi connectivity index (χ0v) is 17.4. The van der Waals surface area contributed by atoms with Crippen LogP contribution in [0.1, 0.15) is 31.0 Å². The molecule has 152 valence electrons. The second-order valence-electron chi connectivity index (χ2n) is 9.32. The molecule has 4 heteroatoms. The third kappa shape index (κ3) is 2.12. The first-order valence-corrected chi connectivity index (χ1v) is 10.8. The molecule has 3 aromatic carbocycles. The Balaban J connectivity index is 1.58. The number of ether oxygens (including phenoxy) is 1. The Kier molecular flexibility index (Phi) is 3.09. The zero-order valence-electron chi connectivity index (χ0n) is 17.4. The number of nitrogens with zero attached hydrogens (tertiary/aromatic N) is 1. The third-order valence-electron chi connectivity index (χ3n) is 7.30. The molecule has 2 aromatic heterocycles. The molecule has 4 nitrogen and oxygen atoms in total. The van der Waals surface area contributed by atoms with Gasteiger partial charge < -0.3 is 13.7 Å². The highest BCUT2D eigenvalue weighted by molar-refractivity contribution is 6.06. The first-order chi connectivity index (χ1) is 15.0. The quantitative estimate of drug-likeness (QED) is 0.239. The van der Waals surface area contributed by atoms with Crippen LogP contribution in [-0.4, -0.2) is 10.2 Å². The van der Waals surface area contributed by atoms with Gasteiger partial charge in [0.05, 0.1) is 10.9 Å². The molecule has 0 spiro atoms. The Bertz CT molecular complexity index is 1600. The van der Waals surface area contributed by atoms with Gasteiger partial charge >= 0.3 is 5.63 Å². The summed E-state index contributed by atoms with van der Waals surface area (Å²) < 4.78 is 15.0. The largest absolute Gasteiger partial charge is 0.486 e. The van der Waals surface area contributed by atoms with Gasteiger partial charge in [0.1, 0.15) is 16.9 Å². The minimum Gasteiger partial charge on any atom is -0.486 e. The van der Waals surface area contributed by atoms with E-state index in [1.54, 1.807) is 0 Å². The number of benzene rings is 3. The first kappa shape index (κ1) is 17.2. The fourth-order valence-electron chi connectivity index (χ4n) is 5.81. The molecule has 2 atom stereocenters. The highest BCUT2D eigenvalue weighted by Crippen LogP contribution is 2.54. The number of fused-ring (bicyclic) bond motifs is 11. The summed E-state index contributed by atoms with van der Waals surface area (Å²) in [6, 6.07) is 22.7. The minimum atomic E-state index is -0.413. The van der Waals surface area contributed by atoms with Gasteiger partial charge in [0.2, 0.25) is 0 Å². The Morgan fingerprint density at radius 1 is 0.935 bits per heavy atom. The van der Waals surface area contributed by atoms with E-state index in [9.17, 15) is 4.79 Å². The molecule has 7 rings (SSSR count). The molecular weight excluding hydrogens is 386 g/mol. The summed E-state index contributed by atoms with van der Waals surface area (Å²) in [5, 5.41) is 4.06. The summed E-state index contributed by atoms with van der Waals surface area (Å²) in [5.74, 6) is 0.806. The van der Waals surface area contributed by atoms with E-state index >= 15 is 0 Å². The average Bonchev–Trinajstić information content (AvgIpc) is 3.31. The predicted octanol–water partition coefficient (Wildman–Crippen LogP) is 5.83. The van der Waals surface area contributed by atoms with Crippen molar-refractivity contribution in [1.29, 1.82) is 0 Å². The Labute approximate surface area is 178 Å². The maximum Gasteiger partial charge on any atom is 0.343 e. The molecule has 2 aliphatic rings. The molecule has 0 bridgehead atoms. The van der Waals surface area contributed by atoms with Crippen LogP contribution in [0, 0.1) is 5.92 Å². The highest BCUT2D eigenvalue weighted by atomic mass is 16.5. The molecule has 0 saturated carbocycles. The van der Waals surface area contributed by atoms with Gasteiger partial charge in [-0.05, 0) is 42.8 Å². The lowest BCUT2D eigenvalue weighted by Gasteiger charge is -2.41. The molecule has 0 N–H and O–H groups in total. The maximum absolute atomic E-state index is 13.4. The lowest BCUT2D eigenvalue weighted by molar-refractivity contribution is 0.0200. The molecule has 0 saturated heterocycles. The second-order valence-corrected chi connectivity index (χ2v) is 9.32. The number of rotatable bonds is 0. The number of hydrogen-bond donors (Lipinski definition) is 0. The summed E-state index contributed by atoms with van der Waals surface area (Å²) >= 11 is 0. The van der Waals surface area contributed by atoms with Crippen molar-refractivity contribution < 1.29 is 9.15 Å². The number of para-hydroxylation sites is 1. The highest BCUT2D eigenvalue weighted by Gasteiger charge is 2.51. The SMILES string of the molecule is CC1(C)Oc2c(c(=O)oc3c2ccc2ccccc23)[C@H]2c3cc4ccccc4n3C[C@H]21. The van der Waals surface area contributed by atoms with E-state index in [4.69, 9.17) is 9.15 Å². The summed E-state index contributed by atoms with van der Waals surface area (Å²) in [5.41, 5.74) is 2.95. The molecule has 0 aliphatic carbocycles. The van der Waals surface area contributed by atoms with E-state index in [-0.39, 0.29) is 17.5 Å². The van der Waals surface area contributed by atoms with Gasteiger partial charge in [-0.3, -0.25) is 0 Å². The van der Waals surface area contributed by atoms with Crippen molar-refractivity contribution in [3.05, 3.63) is 88.4 Å². The molecule has 31 heavy (non-hydrogen) atoms. The van der Waals surface area contributed by atoms with Crippen LogP contribution in [0.15, 0.2) is 75.9 Å². The molecule has 0 amide bonds. The minimum absolute atomic E-state index is 0.0433. The van der Waals surface area contributed by atoms with Crippen LogP contribution in [0.25, 0.3) is 32.6 Å². The zero-order chi connectivity index (χ0) is 20.9. The van der Waals surface area contributed by atoms with Crippen molar-refractivity contribution in [3.8, 4) is 5.75 Å². The van der Waals surface area contributed by atoms with Crippen LogP contribution in [0.4, 0.5) is 0 Å². The first-order valence-electron chi connectivity index (χ1n) is 10.8. The molecular formula is C27H21NO3. The van der Waals surface area contributed by atoms with Crippen molar-refractivity contribution in [2.75, 3.05) is 0 Å². The van der Waals surface area contributed by atoms with E-state index in [0.717, 1.165) is 22.7 Å². The van der Waals surface area contributed by atoms with Gasteiger partial charge in [0.25, 0.3) is 0 Å². The second kappa shape index (κ2) is 5.58. The summed E-state index contributed by atoms with van der Waals surface area (Å²) in [7, 11) is 0. The van der Waals surface area contributed by atoms with Crippen molar-refractivity contribution in [2.24, 2.45) is 5.92 Å². The molecule has 0 unspecified atom stereocenters. The van der Waals surface area contributed by atoms with Crippen LogP contribution in [0.3, 0.4) is 0 Å². The molecule has 0 fully saturated rings. The van der Waals surface area contributed by atoms with Crippen LogP contribution in [0.5, 0.6) is 5.75 Å². The fraction of sp³-hybridized carbons (Fsp3) is 0.222. The van der Waals surface area contributed by atoms with E-state index in [0.29, 0.717) is 16.9 Å². The summed E-state index contributed by atoms with van der Waals surface area (Å²) in [4.78, 5) is 13.4. The van der Waals surface area contributed by atoms with Gasteiger partial charge in [-0.1, -0.05) is 48.5 Å². The van der Waals surface area contributed by atoms with Gasteiger partial charge in [-0.15, -0.1) is 0 Å². The van der Waals surface area contributed by atoms with E-state index in [2.05, 4.69) is 54.8 Å². The summed E-state index contributed by atoms with van der Waals surface area (Å²) in [6.45, 7) is 5.11. The van der Waals surface area contributed by atoms with Crippen LogP contribution in [-0.2, 0) is 6.54 Å². The van der Waals surface area contributed by atoms with E-state index in [1.165, 1.54) is 16.6 Å². The van der Waals surface area contributed by atoms with E-state index in [1.807, 2.05) is 30.3 Å². The predicted molar refractivity (Wildman–Crippen MR) is 122 cm³/mol. The molecule has 2 aliphatic heterocycles. The monoisotopic (exact) mass is 407 g/mol. The maximum atomic E-state index is 13.4. The van der Waals surface area contributed by atoms with Crippen molar-refractivity contribution in [1.82, 2.24) is 4.57 Å². The van der Waals surface area contributed by atoms with Gasteiger partial charge in [-0.25, -0.2) is 4.79 Å². The van der Waals surface area contributed by atoms with Gasteiger partial charge in [0.15, 0.2) is 0 Å². The topological polar surface area (TPSA) is 44.4 Å². The average molecular weight is 407 g/mol. The van der Waals surface area contributed by atoms with Crippen LogP contribution in [0.2, 0.25) is 0 Å². The Morgan fingerprint density at radius 3 is 2.58 bits per heavy atom. The lowest BCUT2D eigenvalue weighted by Crippen LogP contribution is -2.45. The van der Waals surface area contributed by atoms with Gasteiger partial charge in [-0.2, -0.15) is 0 Å². The Hall–Kier alpha value is -3.53. The molecule has 0 radical (unpaired) electrons. The van der Waals surface area contributed by atoms with Crippen molar-refractivity contribution in [3.63, 3.8) is 0 Å². The number of aromatic nitrogens is 1. The summed E-state index contributed by atoms with van der Waals surface area (Å²) in [6.07, 6.45) is 0. The lowest BCUT2D eigenvalue weighted by atomic mass is 9.74. The van der Waals surface area contributed by atoms with Gasteiger partial charge in [0, 0.05) is 35.0 Å². The third-order valence-corrected chi connectivity index (χ3v) is 7.30.